The number of carbonyl (C=O) groups is 1. The summed E-state index contributed by atoms with van der Waals surface area (Å²) in [6, 6.07) is 4.96. The second kappa shape index (κ2) is 5.11. The van der Waals surface area contributed by atoms with Crippen LogP contribution in [-0.2, 0) is 0 Å². The Hall–Kier alpha value is -1.66. The van der Waals surface area contributed by atoms with Crippen LogP contribution in [0.2, 0.25) is 5.02 Å². The number of benzene rings is 1. The second-order valence-corrected chi connectivity index (χ2v) is 4.72. The fourth-order valence-electron chi connectivity index (χ4n) is 1.15. The highest BCUT2D eigenvalue weighted by Gasteiger charge is 2.16. The zero-order chi connectivity index (χ0) is 13.1. The number of terminal acetylenes is 1. The molecule has 0 radical (unpaired) electrons. The number of halogens is 1. The fraction of sp³-hybridized carbons (Fsp3) is 0.308. The van der Waals surface area contributed by atoms with Gasteiger partial charge in [0.25, 0.3) is 0 Å². The lowest BCUT2D eigenvalue weighted by molar-refractivity contribution is 0.247. The Morgan fingerprint density at radius 3 is 2.65 bits per heavy atom. The number of nitrogens with one attached hydrogen (secondary N) is 2. The minimum atomic E-state index is -0.682. The predicted octanol–water partition coefficient (Wildman–Crippen LogP) is 3.18. The van der Waals surface area contributed by atoms with E-state index < -0.39 is 5.54 Å². The summed E-state index contributed by atoms with van der Waals surface area (Å²) in [4.78, 5) is 11.6. The van der Waals surface area contributed by atoms with Crippen molar-refractivity contribution in [1.29, 1.82) is 0 Å². The molecule has 0 aromatic heterocycles. The molecule has 0 aliphatic heterocycles. The first-order valence-corrected chi connectivity index (χ1v) is 5.55. The van der Waals surface area contributed by atoms with Crippen LogP contribution in [0.4, 0.5) is 10.5 Å². The van der Waals surface area contributed by atoms with Crippen LogP contribution in [0.25, 0.3) is 0 Å². The Labute approximate surface area is 107 Å². The predicted molar refractivity (Wildman–Crippen MR) is 71.3 cm³/mol. The van der Waals surface area contributed by atoms with Gasteiger partial charge in [0.05, 0.1) is 5.54 Å². The molecule has 0 aliphatic carbocycles. The van der Waals surface area contributed by atoms with Crippen molar-refractivity contribution in [3.63, 3.8) is 0 Å². The van der Waals surface area contributed by atoms with Gasteiger partial charge in [-0.15, -0.1) is 6.42 Å². The SMILES string of the molecule is C#CC(C)(C)NC(=O)Nc1ccc(C)c(Cl)c1. The first kappa shape index (κ1) is 13.4. The molecule has 90 valence electrons. The number of urea groups is 1. The minimum absolute atomic E-state index is 0.354. The van der Waals surface area contributed by atoms with E-state index in [1.165, 1.54) is 0 Å². The maximum Gasteiger partial charge on any atom is 0.320 e. The first-order chi connectivity index (χ1) is 7.84. The van der Waals surface area contributed by atoms with Crippen molar-refractivity contribution < 1.29 is 4.79 Å². The average molecular weight is 251 g/mol. The van der Waals surface area contributed by atoms with Gasteiger partial charge in [-0.1, -0.05) is 23.6 Å². The largest absolute Gasteiger partial charge is 0.322 e. The molecule has 0 spiro atoms. The van der Waals surface area contributed by atoms with E-state index in [1.54, 1.807) is 26.0 Å². The van der Waals surface area contributed by atoms with E-state index in [0.717, 1.165) is 5.56 Å². The van der Waals surface area contributed by atoms with Gasteiger partial charge in [-0.3, -0.25) is 0 Å². The molecule has 0 aliphatic rings. The maximum absolute atomic E-state index is 11.6. The first-order valence-electron chi connectivity index (χ1n) is 5.17. The van der Waals surface area contributed by atoms with E-state index in [2.05, 4.69) is 16.6 Å². The third-order valence-electron chi connectivity index (χ3n) is 2.22. The van der Waals surface area contributed by atoms with Gasteiger partial charge in [-0.05, 0) is 38.5 Å². The van der Waals surface area contributed by atoms with Crippen LogP contribution in [0.15, 0.2) is 18.2 Å². The van der Waals surface area contributed by atoms with E-state index in [9.17, 15) is 4.79 Å². The van der Waals surface area contributed by atoms with Gasteiger partial charge in [-0.25, -0.2) is 4.79 Å². The Balaban J connectivity index is 2.69. The number of rotatable bonds is 2. The molecule has 0 bridgehead atoms. The molecular formula is C13H15ClN2O. The van der Waals surface area contributed by atoms with E-state index in [4.69, 9.17) is 18.0 Å². The second-order valence-electron chi connectivity index (χ2n) is 4.31. The maximum atomic E-state index is 11.6. The van der Waals surface area contributed by atoms with Gasteiger partial charge < -0.3 is 10.6 Å². The van der Waals surface area contributed by atoms with Crippen molar-refractivity contribution in [1.82, 2.24) is 5.32 Å². The number of aryl methyl sites for hydroxylation is 1. The topological polar surface area (TPSA) is 41.1 Å². The van der Waals surface area contributed by atoms with Crippen LogP contribution in [0.5, 0.6) is 0 Å². The summed E-state index contributed by atoms with van der Waals surface area (Å²) < 4.78 is 0. The fourth-order valence-corrected chi connectivity index (χ4v) is 1.33. The highest BCUT2D eigenvalue weighted by molar-refractivity contribution is 6.31. The molecule has 2 N–H and O–H groups in total. The molecule has 0 fully saturated rings. The van der Waals surface area contributed by atoms with Gasteiger partial charge in [0.2, 0.25) is 0 Å². The monoisotopic (exact) mass is 250 g/mol. The molecule has 1 aromatic rings. The number of anilines is 1. The van der Waals surface area contributed by atoms with Crippen molar-refractivity contribution in [3.05, 3.63) is 28.8 Å². The third kappa shape index (κ3) is 4.01. The lowest BCUT2D eigenvalue weighted by Crippen LogP contribution is -2.44. The zero-order valence-electron chi connectivity index (χ0n) is 10.1. The summed E-state index contributed by atoms with van der Waals surface area (Å²) in [6.07, 6.45) is 5.28. The Kier molecular flexibility index (Phi) is 4.03. The van der Waals surface area contributed by atoms with Gasteiger partial charge >= 0.3 is 6.03 Å². The smallest absolute Gasteiger partial charge is 0.320 e. The lowest BCUT2D eigenvalue weighted by atomic mass is 10.1. The average Bonchev–Trinajstić information content (AvgIpc) is 2.23. The quantitative estimate of drug-likeness (QED) is 0.778. The molecule has 2 amide bonds. The van der Waals surface area contributed by atoms with Crippen molar-refractivity contribution >= 4 is 23.3 Å². The summed E-state index contributed by atoms with van der Waals surface area (Å²) >= 11 is 5.95. The molecule has 0 atom stereocenters. The summed E-state index contributed by atoms with van der Waals surface area (Å²) in [6.45, 7) is 5.39. The van der Waals surface area contributed by atoms with Crippen LogP contribution < -0.4 is 10.6 Å². The van der Waals surface area contributed by atoms with Crippen LogP contribution >= 0.6 is 11.6 Å². The zero-order valence-corrected chi connectivity index (χ0v) is 10.9. The minimum Gasteiger partial charge on any atom is -0.322 e. The van der Waals surface area contributed by atoms with Gasteiger partial charge in [0, 0.05) is 10.7 Å². The Morgan fingerprint density at radius 2 is 2.12 bits per heavy atom. The van der Waals surface area contributed by atoms with Gasteiger partial charge in [-0.2, -0.15) is 0 Å². The third-order valence-corrected chi connectivity index (χ3v) is 2.62. The van der Waals surface area contributed by atoms with E-state index >= 15 is 0 Å². The molecule has 1 rings (SSSR count). The highest BCUT2D eigenvalue weighted by atomic mass is 35.5. The molecule has 0 saturated heterocycles. The van der Waals surface area contributed by atoms with Crippen LogP contribution in [0.3, 0.4) is 0 Å². The van der Waals surface area contributed by atoms with Crippen LogP contribution in [-0.4, -0.2) is 11.6 Å². The molecule has 4 heteroatoms. The van der Waals surface area contributed by atoms with E-state index in [1.807, 2.05) is 13.0 Å². The molecule has 0 heterocycles. The standard InChI is InChI=1S/C13H15ClN2O/c1-5-13(3,4)16-12(17)15-10-7-6-9(2)11(14)8-10/h1,6-8H,2-4H3,(H2,15,16,17). The summed E-state index contributed by atoms with van der Waals surface area (Å²) in [7, 11) is 0. The van der Waals surface area contributed by atoms with E-state index in [-0.39, 0.29) is 6.03 Å². The number of hydrogen-bond donors (Lipinski definition) is 2. The van der Waals surface area contributed by atoms with Crippen molar-refractivity contribution in [3.8, 4) is 12.3 Å². The summed E-state index contributed by atoms with van der Waals surface area (Å²) in [5.41, 5.74) is 0.908. The Morgan fingerprint density at radius 1 is 1.47 bits per heavy atom. The van der Waals surface area contributed by atoms with Crippen molar-refractivity contribution in [2.45, 2.75) is 26.3 Å². The van der Waals surface area contributed by atoms with Crippen LogP contribution in [0.1, 0.15) is 19.4 Å². The molecule has 17 heavy (non-hydrogen) atoms. The van der Waals surface area contributed by atoms with E-state index in [0.29, 0.717) is 10.7 Å². The molecule has 0 saturated carbocycles. The van der Waals surface area contributed by atoms with Gasteiger partial charge in [0.1, 0.15) is 0 Å². The lowest BCUT2D eigenvalue weighted by Gasteiger charge is -2.19. The highest BCUT2D eigenvalue weighted by Crippen LogP contribution is 2.19. The molecular weight excluding hydrogens is 236 g/mol. The number of amides is 2. The number of hydrogen-bond acceptors (Lipinski definition) is 1. The summed E-state index contributed by atoms with van der Waals surface area (Å²) in [5, 5.41) is 5.94. The van der Waals surface area contributed by atoms with Gasteiger partial charge in [0.15, 0.2) is 0 Å². The molecule has 3 nitrogen and oxygen atoms in total. The van der Waals surface area contributed by atoms with Crippen molar-refractivity contribution in [2.24, 2.45) is 0 Å². The normalized spacial score (nSPS) is 10.5. The molecule has 1 aromatic carbocycles. The molecule has 0 unspecified atom stereocenters. The van der Waals surface area contributed by atoms with Crippen molar-refractivity contribution in [2.75, 3.05) is 5.32 Å². The van der Waals surface area contributed by atoms with Crippen LogP contribution in [0, 0.1) is 19.3 Å². The summed E-state index contributed by atoms with van der Waals surface area (Å²) in [5.74, 6) is 2.48. The Bertz CT molecular complexity index is 475. The number of carbonyl (C=O) groups excluding carboxylic acids is 1.